The molecule has 3 rings (SSSR count). The van der Waals surface area contributed by atoms with Gasteiger partial charge in [0, 0.05) is 23.3 Å². The molecule has 0 spiro atoms. The van der Waals surface area contributed by atoms with E-state index in [1.54, 1.807) is 70.6 Å². The molecule has 2 heterocycles. The molecule has 0 unspecified atom stereocenters. The number of anilines is 1. The smallest absolute Gasteiger partial charge is 0.412 e. The summed E-state index contributed by atoms with van der Waals surface area (Å²) in [5, 5.41) is 3.49. The Morgan fingerprint density at radius 2 is 1.81 bits per heavy atom. The third kappa shape index (κ3) is 4.25. The number of hydrogen-bond donors (Lipinski definition) is 1. The molecule has 0 fully saturated rings. The fourth-order valence-electron chi connectivity index (χ4n) is 2.51. The van der Waals surface area contributed by atoms with E-state index in [0.29, 0.717) is 21.9 Å². The predicted octanol–water partition coefficient (Wildman–Crippen LogP) is 4.88. The van der Waals surface area contributed by atoms with Gasteiger partial charge in [0.2, 0.25) is 5.78 Å². The zero-order chi connectivity index (χ0) is 19.6. The number of pyridine rings is 1. The van der Waals surface area contributed by atoms with Gasteiger partial charge in [0.05, 0.1) is 22.4 Å². The summed E-state index contributed by atoms with van der Waals surface area (Å²) in [5.74, 6) is 0.476. The largest absolute Gasteiger partial charge is 0.497 e. The molecule has 2 aromatic heterocycles. The number of nitrogens with one attached hydrogen (secondary N) is 1. The van der Waals surface area contributed by atoms with Gasteiger partial charge in [-0.05, 0) is 51.1 Å². The Bertz CT molecular complexity index is 987. The van der Waals surface area contributed by atoms with E-state index in [4.69, 9.17) is 9.47 Å². The molecular formula is C20H20N2O4S. The maximum atomic E-state index is 13.1. The van der Waals surface area contributed by atoms with Crippen LogP contribution in [0, 0.1) is 0 Å². The number of benzene rings is 1. The fourth-order valence-corrected chi connectivity index (χ4v) is 3.60. The Hall–Kier alpha value is -2.93. The highest BCUT2D eigenvalue weighted by atomic mass is 32.1. The lowest BCUT2D eigenvalue weighted by Gasteiger charge is -2.19. The van der Waals surface area contributed by atoms with Crippen molar-refractivity contribution in [3.63, 3.8) is 0 Å². The van der Waals surface area contributed by atoms with E-state index in [0.717, 1.165) is 10.1 Å². The molecule has 0 aliphatic carbocycles. The molecule has 0 bridgehead atoms. The number of ether oxygens (including phenoxy) is 2. The number of carbonyl (C=O) groups is 2. The van der Waals surface area contributed by atoms with E-state index in [2.05, 4.69) is 10.3 Å². The van der Waals surface area contributed by atoms with E-state index >= 15 is 0 Å². The second-order valence-electron chi connectivity index (χ2n) is 6.86. The highest BCUT2D eigenvalue weighted by molar-refractivity contribution is 7.21. The van der Waals surface area contributed by atoms with E-state index in [9.17, 15) is 9.59 Å². The average Bonchev–Trinajstić information content (AvgIpc) is 2.98. The zero-order valence-corrected chi connectivity index (χ0v) is 16.3. The van der Waals surface area contributed by atoms with Crippen LogP contribution in [-0.2, 0) is 4.74 Å². The Morgan fingerprint density at radius 1 is 1.11 bits per heavy atom. The summed E-state index contributed by atoms with van der Waals surface area (Å²) in [6, 6.07) is 8.61. The van der Waals surface area contributed by atoms with Gasteiger partial charge in [-0.3, -0.25) is 15.1 Å². The van der Waals surface area contributed by atoms with Crippen molar-refractivity contribution in [2.24, 2.45) is 0 Å². The normalized spacial score (nSPS) is 11.3. The van der Waals surface area contributed by atoms with E-state index in [1.807, 2.05) is 0 Å². The van der Waals surface area contributed by atoms with Crippen molar-refractivity contribution in [3.8, 4) is 5.75 Å². The molecule has 6 nitrogen and oxygen atoms in total. The van der Waals surface area contributed by atoms with Gasteiger partial charge >= 0.3 is 6.09 Å². The lowest BCUT2D eigenvalue weighted by atomic mass is 10.1. The number of nitrogens with zero attached hydrogens (tertiary/aromatic N) is 1. The fraction of sp³-hybridized carbons (Fsp3) is 0.250. The number of hydrogen-bond acceptors (Lipinski definition) is 6. The van der Waals surface area contributed by atoms with Crippen LogP contribution in [0.2, 0.25) is 0 Å². The van der Waals surface area contributed by atoms with E-state index in [-0.39, 0.29) is 5.78 Å². The molecule has 140 valence electrons. The SMILES string of the molecule is COc1ccc(C(=O)c2sc3cnccc3c2NC(=O)OC(C)(C)C)cc1. The molecule has 0 saturated heterocycles. The van der Waals surface area contributed by atoms with Gasteiger partial charge in [0.1, 0.15) is 11.4 Å². The van der Waals surface area contributed by atoms with Crippen LogP contribution >= 0.6 is 11.3 Å². The number of carbonyl (C=O) groups excluding carboxylic acids is 2. The molecule has 1 amide bonds. The van der Waals surface area contributed by atoms with E-state index < -0.39 is 11.7 Å². The highest BCUT2D eigenvalue weighted by Crippen LogP contribution is 2.37. The van der Waals surface area contributed by atoms with Gasteiger partial charge in [-0.1, -0.05) is 0 Å². The quantitative estimate of drug-likeness (QED) is 0.649. The molecule has 3 aromatic rings. The van der Waals surface area contributed by atoms with Crippen LogP contribution < -0.4 is 10.1 Å². The summed E-state index contributed by atoms with van der Waals surface area (Å²) < 4.78 is 11.3. The monoisotopic (exact) mass is 384 g/mol. The van der Waals surface area contributed by atoms with Gasteiger partial charge in [0.25, 0.3) is 0 Å². The zero-order valence-electron chi connectivity index (χ0n) is 15.5. The lowest BCUT2D eigenvalue weighted by Crippen LogP contribution is -2.27. The number of amides is 1. The minimum absolute atomic E-state index is 0.190. The van der Waals surface area contributed by atoms with Crippen LogP contribution in [0.25, 0.3) is 10.1 Å². The van der Waals surface area contributed by atoms with Crippen LogP contribution in [0.15, 0.2) is 42.7 Å². The molecule has 1 aromatic carbocycles. The summed E-state index contributed by atoms with van der Waals surface area (Å²) in [4.78, 5) is 29.9. The molecule has 0 aliphatic rings. The van der Waals surface area contributed by atoms with Crippen LogP contribution in [-0.4, -0.2) is 29.6 Å². The Morgan fingerprint density at radius 3 is 2.44 bits per heavy atom. The highest BCUT2D eigenvalue weighted by Gasteiger charge is 2.24. The molecule has 1 N–H and O–H groups in total. The first-order valence-electron chi connectivity index (χ1n) is 8.34. The number of rotatable bonds is 4. The van der Waals surface area contributed by atoms with Gasteiger partial charge < -0.3 is 9.47 Å². The summed E-state index contributed by atoms with van der Waals surface area (Å²) in [6.07, 6.45) is 2.69. The average molecular weight is 384 g/mol. The maximum absolute atomic E-state index is 13.1. The van der Waals surface area contributed by atoms with Crippen molar-refractivity contribution in [2.75, 3.05) is 12.4 Å². The van der Waals surface area contributed by atoms with Gasteiger partial charge in [0.15, 0.2) is 0 Å². The first kappa shape index (κ1) is 18.8. The van der Waals surface area contributed by atoms with Crippen LogP contribution in [0.1, 0.15) is 36.0 Å². The summed E-state index contributed by atoms with van der Waals surface area (Å²) in [6.45, 7) is 5.35. The van der Waals surface area contributed by atoms with Crippen molar-refractivity contribution < 1.29 is 19.1 Å². The summed E-state index contributed by atoms with van der Waals surface area (Å²) in [5.41, 5.74) is 0.299. The van der Waals surface area contributed by atoms with Crippen molar-refractivity contribution in [2.45, 2.75) is 26.4 Å². The van der Waals surface area contributed by atoms with Crippen molar-refractivity contribution >= 4 is 39.0 Å². The molecule has 27 heavy (non-hydrogen) atoms. The lowest BCUT2D eigenvalue weighted by molar-refractivity contribution is 0.0636. The van der Waals surface area contributed by atoms with Crippen LogP contribution in [0.4, 0.5) is 10.5 Å². The summed E-state index contributed by atoms with van der Waals surface area (Å²) >= 11 is 1.28. The molecule has 0 saturated carbocycles. The number of thiophene rings is 1. The third-order valence-corrected chi connectivity index (χ3v) is 4.82. The van der Waals surface area contributed by atoms with Crippen molar-refractivity contribution in [1.82, 2.24) is 4.98 Å². The first-order valence-corrected chi connectivity index (χ1v) is 9.15. The molecule has 7 heteroatoms. The number of fused-ring (bicyclic) bond motifs is 1. The Balaban J connectivity index is 2.01. The molecule has 0 radical (unpaired) electrons. The van der Waals surface area contributed by atoms with Crippen molar-refractivity contribution in [1.29, 1.82) is 0 Å². The second kappa shape index (κ2) is 7.36. The number of methoxy groups -OCH3 is 1. The van der Waals surface area contributed by atoms with Gasteiger partial charge in [-0.15, -0.1) is 11.3 Å². The third-order valence-electron chi connectivity index (χ3n) is 3.68. The number of ketones is 1. The minimum Gasteiger partial charge on any atom is -0.497 e. The Kier molecular flexibility index (Phi) is 5.14. The second-order valence-corrected chi connectivity index (χ2v) is 7.91. The maximum Gasteiger partial charge on any atom is 0.412 e. The van der Waals surface area contributed by atoms with Gasteiger partial charge in [-0.25, -0.2) is 4.79 Å². The standard InChI is InChI=1S/C20H20N2O4S/c1-20(2,3)26-19(24)22-16-14-9-10-21-11-15(14)27-18(16)17(23)12-5-7-13(25-4)8-6-12/h5-11H,1-4H3,(H,22,24). The Labute approximate surface area is 161 Å². The van der Waals surface area contributed by atoms with Crippen LogP contribution in [0.3, 0.4) is 0 Å². The van der Waals surface area contributed by atoms with E-state index in [1.165, 1.54) is 11.3 Å². The van der Waals surface area contributed by atoms with Crippen LogP contribution in [0.5, 0.6) is 5.75 Å². The first-order chi connectivity index (χ1) is 12.8. The molecule has 0 aliphatic heterocycles. The molecular weight excluding hydrogens is 364 g/mol. The topological polar surface area (TPSA) is 77.5 Å². The molecule has 0 atom stereocenters. The summed E-state index contributed by atoms with van der Waals surface area (Å²) in [7, 11) is 1.57. The van der Waals surface area contributed by atoms with Crippen molar-refractivity contribution in [3.05, 3.63) is 53.2 Å². The minimum atomic E-state index is -0.641. The predicted molar refractivity (Wildman–Crippen MR) is 106 cm³/mol. The number of aromatic nitrogens is 1. The van der Waals surface area contributed by atoms with Gasteiger partial charge in [-0.2, -0.15) is 0 Å².